The van der Waals surface area contributed by atoms with Gasteiger partial charge in [-0.15, -0.1) is 0 Å². The van der Waals surface area contributed by atoms with Crippen LogP contribution >= 0.6 is 0 Å². The van der Waals surface area contributed by atoms with Gasteiger partial charge in [-0.05, 0) is 55.3 Å². The van der Waals surface area contributed by atoms with E-state index in [4.69, 9.17) is 4.74 Å². The molecule has 0 aromatic heterocycles. The third-order valence-corrected chi connectivity index (χ3v) is 4.50. The van der Waals surface area contributed by atoms with Crippen LogP contribution in [0.2, 0.25) is 0 Å². The van der Waals surface area contributed by atoms with Crippen LogP contribution in [0, 0.1) is 5.92 Å². The molecule has 98 valence electrons. The van der Waals surface area contributed by atoms with Crippen LogP contribution in [0.4, 0.5) is 0 Å². The van der Waals surface area contributed by atoms with Crippen molar-refractivity contribution in [2.24, 2.45) is 5.92 Å². The molecule has 0 bridgehead atoms. The van der Waals surface area contributed by atoms with Crippen molar-refractivity contribution in [3.8, 4) is 5.75 Å². The Kier molecular flexibility index (Phi) is 3.55. The SMILES string of the molecule is CCC1CNCCC1c1cccc2c1OCCC2. The summed E-state index contributed by atoms with van der Waals surface area (Å²) >= 11 is 0. The van der Waals surface area contributed by atoms with Gasteiger partial charge in [0.25, 0.3) is 0 Å². The van der Waals surface area contributed by atoms with Gasteiger partial charge < -0.3 is 10.1 Å². The van der Waals surface area contributed by atoms with Crippen LogP contribution in [-0.2, 0) is 6.42 Å². The van der Waals surface area contributed by atoms with Gasteiger partial charge in [0.15, 0.2) is 0 Å². The Morgan fingerprint density at radius 2 is 2.33 bits per heavy atom. The maximum Gasteiger partial charge on any atom is 0.125 e. The highest BCUT2D eigenvalue weighted by molar-refractivity contribution is 5.45. The van der Waals surface area contributed by atoms with Gasteiger partial charge in [0.2, 0.25) is 0 Å². The number of benzene rings is 1. The molecule has 18 heavy (non-hydrogen) atoms. The molecule has 1 saturated heterocycles. The lowest BCUT2D eigenvalue weighted by Crippen LogP contribution is -2.35. The van der Waals surface area contributed by atoms with Crippen LogP contribution in [0.15, 0.2) is 18.2 Å². The van der Waals surface area contributed by atoms with Crippen LogP contribution in [0.5, 0.6) is 5.75 Å². The average Bonchev–Trinajstić information content (AvgIpc) is 2.46. The minimum absolute atomic E-state index is 0.685. The van der Waals surface area contributed by atoms with Gasteiger partial charge in [-0.2, -0.15) is 0 Å². The minimum atomic E-state index is 0.685. The van der Waals surface area contributed by atoms with Crippen molar-refractivity contribution in [1.82, 2.24) is 5.32 Å². The van der Waals surface area contributed by atoms with Crippen molar-refractivity contribution in [1.29, 1.82) is 0 Å². The molecule has 2 nitrogen and oxygen atoms in total. The molecule has 1 fully saturated rings. The van der Waals surface area contributed by atoms with E-state index in [0.717, 1.165) is 25.6 Å². The molecule has 2 aliphatic heterocycles. The predicted molar refractivity (Wildman–Crippen MR) is 74.3 cm³/mol. The highest BCUT2D eigenvalue weighted by Gasteiger charge is 2.28. The summed E-state index contributed by atoms with van der Waals surface area (Å²) in [5.41, 5.74) is 2.90. The van der Waals surface area contributed by atoms with E-state index in [-0.39, 0.29) is 0 Å². The van der Waals surface area contributed by atoms with Gasteiger partial charge in [-0.1, -0.05) is 31.5 Å². The monoisotopic (exact) mass is 245 g/mol. The number of fused-ring (bicyclic) bond motifs is 1. The van der Waals surface area contributed by atoms with E-state index in [2.05, 4.69) is 30.4 Å². The Bertz CT molecular complexity index is 416. The zero-order chi connectivity index (χ0) is 12.4. The van der Waals surface area contributed by atoms with Crippen molar-refractivity contribution in [2.45, 2.75) is 38.5 Å². The number of piperidine rings is 1. The largest absolute Gasteiger partial charge is 0.493 e. The van der Waals surface area contributed by atoms with Crippen molar-refractivity contribution in [3.05, 3.63) is 29.3 Å². The van der Waals surface area contributed by atoms with Crippen LogP contribution in [0.25, 0.3) is 0 Å². The van der Waals surface area contributed by atoms with Gasteiger partial charge in [-0.25, -0.2) is 0 Å². The molecular formula is C16H23NO. The van der Waals surface area contributed by atoms with E-state index >= 15 is 0 Å². The number of ether oxygens (including phenoxy) is 1. The second-order valence-electron chi connectivity index (χ2n) is 5.56. The number of aryl methyl sites for hydroxylation is 1. The third-order valence-electron chi connectivity index (χ3n) is 4.50. The van der Waals surface area contributed by atoms with E-state index in [1.54, 1.807) is 0 Å². The molecule has 1 N–H and O–H groups in total. The zero-order valence-electron chi connectivity index (χ0n) is 11.2. The van der Waals surface area contributed by atoms with Crippen LogP contribution in [-0.4, -0.2) is 19.7 Å². The molecule has 0 amide bonds. The molecule has 1 aromatic rings. The lowest BCUT2D eigenvalue weighted by atomic mass is 9.78. The number of hydrogen-bond donors (Lipinski definition) is 1. The summed E-state index contributed by atoms with van der Waals surface area (Å²) in [4.78, 5) is 0. The molecule has 0 spiro atoms. The Morgan fingerprint density at radius 3 is 3.22 bits per heavy atom. The molecular weight excluding hydrogens is 222 g/mol. The van der Waals surface area contributed by atoms with E-state index in [9.17, 15) is 0 Å². The fraction of sp³-hybridized carbons (Fsp3) is 0.625. The van der Waals surface area contributed by atoms with Gasteiger partial charge in [0.05, 0.1) is 6.61 Å². The lowest BCUT2D eigenvalue weighted by molar-refractivity contribution is 0.267. The summed E-state index contributed by atoms with van der Waals surface area (Å²) in [7, 11) is 0. The Morgan fingerprint density at radius 1 is 1.39 bits per heavy atom. The minimum Gasteiger partial charge on any atom is -0.493 e. The summed E-state index contributed by atoms with van der Waals surface area (Å²) in [5, 5.41) is 3.52. The second-order valence-corrected chi connectivity index (χ2v) is 5.56. The van der Waals surface area contributed by atoms with E-state index in [1.165, 1.54) is 42.6 Å². The summed E-state index contributed by atoms with van der Waals surface area (Å²) < 4.78 is 5.98. The predicted octanol–water partition coefficient (Wildman–Crippen LogP) is 3.11. The topological polar surface area (TPSA) is 21.3 Å². The quantitative estimate of drug-likeness (QED) is 0.864. The molecule has 0 saturated carbocycles. The van der Waals surface area contributed by atoms with Gasteiger partial charge in [-0.3, -0.25) is 0 Å². The van der Waals surface area contributed by atoms with Crippen LogP contribution in [0.1, 0.15) is 43.2 Å². The van der Waals surface area contributed by atoms with Gasteiger partial charge in [0.1, 0.15) is 5.75 Å². The number of para-hydroxylation sites is 1. The normalized spacial score (nSPS) is 27.4. The second kappa shape index (κ2) is 5.31. The molecule has 0 aliphatic carbocycles. The Labute approximate surface area is 110 Å². The number of rotatable bonds is 2. The highest BCUT2D eigenvalue weighted by Crippen LogP contribution is 2.40. The van der Waals surface area contributed by atoms with Crippen LogP contribution < -0.4 is 10.1 Å². The zero-order valence-corrected chi connectivity index (χ0v) is 11.2. The molecule has 2 atom stereocenters. The van der Waals surface area contributed by atoms with Crippen molar-refractivity contribution in [3.63, 3.8) is 0 Å². The molecule has 2 unspecified atom stereocenters. The maximum atomic E-state index is 5.98. The average molecular weight is 245 g/mol. The lowest BCUT2D eigenvalue weighted by Gasteiger charge is -2.34. The summed E-state index contributed by atoms with van der Waals surface area (Å²) in [6.07, 6.45) is 4.85. The van der Waals surface area contributed by atoms with Gasteiger partial charge in [0, 0.05) is 0 Å². The van der Waals surface area contributed by atoms with Crippen molar-refractivity contribution < 1.29 is 4.74 Å². The van der Waals surface area contributed by atoms with Crippen molar-refractivity contribution in [2.75, 3.05) is 19.7 Å². The summed E-state index contributed by atoms with van der Waals surface area (Å²) in [6.45, 7) is 5.50. The smallest absolute Gasteiger partial charge is 0.125 e. The first-order chi connectivity index (χ1) is 8.90. The standard InChI is InChI=1S/C16H23NO/c1-2-12-11-17-9-8-14(12)15-7-3-5-13-6-4-10-18-16(13)15/h3,5,7,12,14,17H,2,4,6,8-11H2,1H3. The molecule has 0 radical (unpaired) electrons. The first-order valence-electron chi connectivity index (χ1n) is 7.35. The molecule has 1 aromatic carbocycles. The first-order valence-corrected chi connectivity index (χ1v) is 7.35. The number of hydrogen-bond acceptors (Lipinski definition) is 2. The summed E-state index contributed by atoms with van der Waals surface area (Å²) in [6, 6.07) is 6.75. The number of nitrogens with one attached hydrogen (secondary N) is 1. The highest BCUT2D eigenvalue weighted by atomic mass is 16.5. The molecule has 2 heterocycles. The van der Waals surface area contributed by atoms with Crippen LogP contribution in [0.3, 0.4) is 0 Å². The third kappa shape index (κ3) is 2.14. The van der Waals surface area contributed by atoms with E-state index in [0.29, 0.717) is 5.92 Å². The Balaban J connectivity index is 1.95. The van der Waals surface area contributed by atoms with Gasteiger partial charge >= 0.3 is 0 Å². The maximum absolute atomic E-state index is 5.98. The van der Waals surface area contributed by atoms with E-state index in [1.807, 2.05) is 0 Å². The molecule has 2 heteroatoms. The fourth-order valence-electron chi connectivity index (χ4n) is 3.47. The fourth-order valence-corrected chi connectivity index (χ4v) is 3.47. The molecule has 3 rings (SSSR count). The molecule has 2 aliphatic rings. The summed E-state index contributed by atoms with van der Waals surface area (Å²) in [5.74, 6) is 2.66. The Hall–Kier alpha value is -1.02. The van der Waals surface area contributed by atoms with E-state index < -0.39 is 0 Å². The first kappa shape index (κ1) is 12.0. The van der Waals surface area contributed by atoms with Crippen molar-refractivity contribution >= 4 is 0 Å².